The Balaban J connectivity index is 1.84. The summed E-state index contributed by atoms with van der Waals surface area (Å²) in [6.07, 6.45) is 0.622. The summed E-state index contributed by atoms with van der Waals surface area (Å²) in [6, 6.07) is 6.38. The first-order chi connectivity index (χ1) is 11.4. The van der Waals surface area contributed by atoms with Crippen molar-refractivity contribution in [2.24, 2.45) is 5.92 Å². The van der Waals surface area contributed by atoms with Gasteiger partial charge in [-0.2, -0.15) is 0 Å². The third-order valence-corrected chi connectivity index (χ3v) is 4.52. The summed E-state index contributed by atoms with van der Waals surface area (Å²) in [7, 11) is 0. The second-order valence-electron chi connectivity index (χ2n) is 5.94. The van der Waals surface area contributed by atoms with Gasteiger partial charge < -0.3 is 4.84 Å². The summed E-state index contributed by atoms with van der Waals surface area (Å²) >= 11 is 1.20. The van der Waals surface area contributed by atoms with E-state index in [1.54, 1.807) is 19.1 Å². The number of carbonyl (C=O) groups excluding carboxylic acids is 3. The Labute approximate surface area is 143 Å². The van der Waals surface area contributed by atoms with Crippen molar-refractivity contribution >= 4 is 29.1 Å². The number of fused-ring (bicyclic) bond motifs is 1. The average molecular weight is 344 g/mol. The van der Waals surface area contributed by atoms with Gasteiger partial charge in [-0.1, -0.05) is 31.0 Å². The molecule has 1 aliphatic rings. The number of aromatic nitrogens is 1. The number of hydroxylamine groups is 2. The Morgan fingerprint density at radius 2 is 1.79 bits per heavy atom. The molecule has 0 spiro atoms. The Bertz CT molecular complexity index is 806. The molecule has 24 heavy (non-hydrogen) atoms. The topological polar surface area (TPSA) is 76.6 Å². The number of carbonyl (C=O) groups is 3. The fourth-order valence-electron chi connectivity index (χ4n) is 2.53. The summed E-state index contributed by atoms with van der Waals surface area (Å²) in [5.74, 6) is -1.67. The van der Waals surface area contributed by atoms with Crippen LogP contribution in [0.25, 0.3) is 0 Å². The normalized spacial score (nSPS) is 13.6. The lowest BCUT2D eigenvalue weighted by Crippen LogP contribution is -2.32. The van der Waals surface area contributed by atoms with Gasteiger partial charge in [0.2, 0.25) is 0 Å². The van der Waals surface area contributed by atoms with Crippen molar-refractivity contribution < 1.29 is 19.2 Å². The second kappa shape index (κ2) is 6.16. The van der Waals surface area contributed by atoms with Gasteiger partial charge in [-0.3, -0.25) is 9.59 Å². The number of aryl methyl sites for hydroxylation is 1. The fraction of sp³-hybridized carbons (Fsp3) is 0.294. The molecule has 0 radical (unpaired) electrons. The van der Waals surface area contributed by atoms with Gasteiger partial charge in [0.1, 0.15) is 4.88 Å². The van der Waals surface area contributed by atoms with Gasteiger partial charge in [-0.15, -0.1) is 11.3 Å². The van der Waals surface area contributed by atoms with Gasteiger partial charge in [-0.05, 0) is 31.4 Å². The van der Waals surface area contributed by atoms with Gasteiger partial charge in [0, 0.05) is 0 Å². The molecule has 124 valence electrons. The van der Waals surface area contributed by atoms with Crippen molar-refractivity contribution in [1.82, 2.24) is 10.0 Å². The summed E-state index contributed by atoms with van der Waals surface area (Å²) in [6.45, 7) is 5.84. The predicted molar refractivity (Wildman–Crippen MR) is 87.8 cm³/mol. The maximum Gasteiger partial charge on any atom is 0.375 e. The minimum Gasteiger partial charge on any atom is -0.323 e. The summed E-state index contributed by atoms with van der Waals surface area (Å²) < 4.78 is 0. The Morgan fingerprint density at radius 1 is 1.21 bits per heavy atom. The van der Waals surface area contributed by atoms with Gasteiger partial charge in [0.15, 0.2) is 0 Å². The first-order valence-corrected chi connectivity index (χ1v) is 8.36. The van der Waals surface area contributed by atoms with E-state index >= 15 is 0 Å². The summed E-state index contributed by atoms with van der Waals surface area (Å²) in [5.41, 5.74) is 1.10. The zero-order chi connectivity index (χ0) is 17.4. The van der Waals surface area contributed by atoms with Gasteiger partial charge in [0.05, 0.1) is 21.8 Å². The lowest BCUT2D eigenvalue weighted by molar-refractivity contribution is -0.0582. The van der Waals surface area contributed by atoms with Crippen molar-refractivity contribution in [3.05, 3.63) is 51.0 Å². The number of benzene rings is 1. The third kappa shape index (κ3) is 2.82. The molecule has 2 heterocycles. The number of imide groups is 1. The monoisotopic (exact) mass is 344 g/mol. The standard InChI is InChI=1S/C17H16N2O4S/c1-9(2)8-13-14(24-10(3)18-13)17(22)23-19-15(20)11-6-4-5-7-12(11)16(19)21/h4-7,9H,8H2,1-3H3. The summed E-state index contributed by atoms with van der Waals surface area (Å²) in [4.78, 5) is 46.8. The number of amides is 2. The molecule has 1 aromatic carbocycles. The number of nitrogens with zero attached hydrogens (tertiary/aromatic N) is 2. The lowest BCUT2D eigenvalue weighted by Gasteiger charge is -2.12. The smallest absolute Gasteiger partial charge is 0.323 e. The molecule has 0 unspecified atom stereocenters. The molecule has 0 aliphatic carbocycles. The van der Waals surface area contributed by atoms with Crippen LogP contribution in [0.4, 0.5) is 0 Å². The zero-order valence-electron chi connectivity index (χ0n) is 13.5. The average Bonchev–Trinajstić information content (AvgIpc) is 3.00. The van der Waals surface area contributed by atoms with Crippen molar-refractivity contribution in [2.45, 2.75) is 27.2 Å². The van der Waals surface area contributed by atoms with Crippen molar-refractivity contribution in [2.75, 3.05) is 0 Å². The third-order valence-electron chi connectivity index (χ3n) is 3.52. The fourth-order valence-corrected chi connectivity index (χ4v) is 3.35. The highest BCUT2D eigenvalue weighted by Crippen LogP contribution is 2.26. The molecule has 2 aromatic rings. The molecule has 0 fully saturated rings. The Hall–Kier alpha value is -2.54. The van der Waals surface area contributed by atoms with E-state index in [0.717, 1.165) is 5.01 Å². The SMILES string of the molecule is Cc1nc(CC(C)C)c(C(=O)ON2C(=O)c3ccccc3C2=O)s1. The molecule has 0 N–H and O–H groups in total. The van der Waals surface area contributed by atoms with E-state index < -0.39 is 17.8 Å². The molecule has 0 saturated heterocycles. The highest BCUT2D eigenvalue weighted by Gasteiger charge is 2.39. The van der Waals surface area contributed by atoms with Crippen LogP contribution in [0.3, 0.4) is 0 Å². The molecule has 6 nitrogen and oxygen atoms in total. The van der Waals surface area contributed by atoms with Gasteiger partial charge >= 0.3 is 5.97 Å². The minimum atomic E-state index is -0.731. The zero-order valence-corrected chi connectivity index (χ0v) is 14.3. The van der Waals surface area contributed by atoms with Crippen LogP contribution in [0, 0.1) is 12.8 Å². The molecular formula is C17H16N2O4S. The molecule has 3 rings (SSSR count). The van der Waals surface area contributed by atoms with Crippen LogP contribution >= 0.6 is 11.3 Å². The Kier molecular flexibility index (Phi) is 4.19. The van der Waals surface area contributed by atoms with E-state index in [1.807, 2.05) is 13.8 Å². The highest BCUT2D eigenvalue weighted by molar-refractivity contribution is 7.13. The van der Waals surface area contributed by atoms with Crippen LogP contribution in [0.5, 0.6) is 0 Å². The van der Waals surface area contributed by atoms with Crippen molar-refractivity contribution in [3.63, 3.8) is 0 Å². The van der Waals surface area contributed by atoms with Crippen LogP contribution in [0.1, 0.15) is 54.9 Å². The second-order valence-corrected chi connectivity index (χ2v) is 7.14. The molecule has 2 amide bonds. The first kappa shape index (κ1) is 16.3. The van der Waals surface area contributed by atoms with Crippen LogP contribution in [-0.2, 0) is 11.3 Å². The van der Waals surface area contributed by atoms with E-state index in [9.17, 15) is 14.4 Å². The molecule has 0 saturated carbocycles. The van der Waals surface area contributed by atoms with Crippen LogP contribution in [0.2, 0.25) is 0 Å². The van der Waals surface area contributed by atoms with Crippen LogP contribution < -0.4 is 0 Å². The van der Waals surface area contributed by atoms with Gasteiger partial charge in [0.25, 0.3) is 11.8 Å². The highest BCUT2D eigenvalue weighted by atomic mass is 32.1. The molecule has 0 atom stereocenters. The lowest BCUT2D eigenvalue weighted by atomic mass is 10.1. The van der Waals surface area contributed by atoms with Crippen LogP contribution in [-0.4, -0.2) is 27.8 Å². The van der Waals surface area contributed by atoms with Crippen LogP contribution in [0.15, 0.2) is 24.3 Å². The van der Waals surface area contributed by atoms with E-state index in [1.165, 1.54) is 23.5 Å². The van der Waals surface area contributed by atoms with E-state index in [2.05, 4.69) is 4.98 Å². The van der Waals surface area contributed by atoms with Crippen molar-refractivity contribution in [3.8, 4) is 0 Å². The molecule has 0 bridgehead atoms. The molecule has 7 heteroatoms. The van der Waals surface area contributed by atoms with Crippen molar-refractivity contribution in [1.29, 1.82) is 0 Å². The molecular weight excluding hydrogens is 328 g/mol. The Morgan fingerprint density at radius 3 is 2.33 bits per heavy atom. The van der Waals surface area contributed by atoms with E-state index in [-0.39, 0.29) is 11.1 Å². The molecule has 1 aromatic heterocycles. The summed E-state index contributed by atoms with van der Waals surface area (Å²) in [5, 5.41) is 1.27. The quantitative estimate of drug-likeness (QED) is 0.797. The maximum atomic E-state index is 12.5. The predicted octanol–water partition coefficient (Wildman–Crippen LogP) is 3.02. The largest absolute Gasteiger partial charge is 0.375 e. The van der Waals surface area contributed by atoms with Gasteiger partial charge in [-0.25, -0.2) is 9.78 Å². The number of hydrogen-bond donors (Lipinski definition) is 0. The number of rotatable bonds is 4. The molecule has 1 aliphatic heterocycles. The van der Waals surface area contributed by atoms with E-state index in [4.69, 9.17) is 4.84 Å². The maximum absolute atomic E-state index is 12.5. The number of hydrogen-bond acceptors (Lipinski definition) is 6. The first-order valence-electron chi connectivity index (χ1n) is 7.55. The number of thiazole rings is 1. The van der Waals surface area contributed by atoms with E-state index in [0.29, 0.717) is 28.0 Å². The minimum absolute atomic E-state index is 0.234.